The van der Waals surface area contributed by atoms with Crippen molar-refractivity contribution in [1.82, 2.24) is 8.97 Å². The van der Waals surface area contributed by atoms with E-state index >= 15 is 0 Å². The summed E-state index contributed by atoms with van der Waals surface area (Å²) in [6, 6.07) is 14.6. The van der Waals surface area contributed by atoms with Crippen molar-refractivity contribution in [2.45, 2.75) is 6.54 Å². The number of hydrogen-bond donors (Lipinski definition) is 0. The van der Waals surface area contributed by atoms with Gasteiger partial charge in [0, 0.05) is 17.0 Å². The minimum atomic E-state index is -0.710. The van der Waals surface area contributed by atoms with Gasteiger partial charge in [0.15, 0.2) is 17.8 Å². The minimum absolute atomic E-state index is 0.0179. The van der Waals surface area contributed by atoms with Gasteiger partial charge in [-0.05, 0) is 24.3 Å². The number of terminal acetylenes is 3. The molecule has 3 aromatic heterocycles. The van der Waals surface area contributed by atoms with Gasteiger partial charge < -0.3 is 18.4 Å². The second kappa shape index (κ2) is 8.67. The molecule has 35 heavy (non-hydrogen) atoms. The third-order valence-corrected chi connectivity index (χ3v) is 5.85. The average molecular weight is 458 g/mol. The van der Waals surface area contributed by atoms with E-state index in [1.807, 2.05) is 41.0 Å². The van der Waals surface area contributed by atoms with Gasteiger partial charge in [-0.2, -0.15) is 0 Å². The predicted octanol–water partition coefficient (Wildman–Crippen LogP) is 4.00. The van der Waals surface area contributed by atoms with Gasteiger partial charge in [0.05, 0.1) is 34.0 Å². The lowest BCUT2D eigenvalue weighted by Crippen LogP contribution is -2.18. The SMILES string of the molecule is C#CCOC(=O)c1cn2c3ccccc3c(OCC#C)c2c2c1c(=O)c1ccccc1n2CC#C. The van der Waals surface area contributed by atoms with Crippen LogP contribution in [0.3, 0.4) is 0 Å². The second-order valence-electron chi connectivity index (χ2n) is 7.74. The number of pyridine rings is 2. The fourth-order valence-corrected chi connectivity index (χ4v) is 4.53. The van der Waals surface area contributed by atoms with Crippen LogP contribution in [0.1, 0.15) is 10.4 Å². The maximum atomic E-state index is 13.8. The van der Waals surface area contributed by atoms with Crippen LogP contribution < -0.4 is 10.2 Å². The first-order chi connectivity index (χ1) is 17.1. The lowest BCUT2D eigenvalue weighted by Gasteiger charge is -2.17. The summed E-state index contributed by atoms with van der Waals surface area (Å²) < 4.78 is 14.9. The molecule has 0 atom stereocenters. The Balaban J connectivity index is 2.11. The number of para-hydroxylation sites is 2. The van der Waals surface area contributed by atoms with Crippen molar-refractivity contribution >= 4 is 44.2 Å². The molecule has 6 heteroatoms. The Labute approximate surface area is 200 Å². The van der Waals surface area contributed by atoms with Crippen molar-refractivity contribution in [2.75, 3.05) is 13.2 Å². The largest absolute Gasteiger partial charge is 0.478 e. The molecule has 0 N–H and O–H groups in total. The molecule has 6 nitrogen and oxygen atoms in total. The van der Waals surface area contributed by atoms with Crippen LogP contribution >= 0.6 is 0 Å². The molecule has 0 bridgehead atoms. The maximum Gasteiger partial charge on any atom is 0.341 e. The van der Waals surface area contributed by atoms with Gasteiger partial charge in [-0.15, -0.1) is 19.3 Å². The monoisotopic (exact) mass is 458 g/mol. The van der Waals surface area contributed by atoms with Gasteiger partial charge in [-0.3, -0.25) is 4.79 Å². The van der Waals surface area contributed by atoms with Crippen LogP contribution in [-0.4, -0.2) is 28.2 Å². The summed E-state index contributed by atoms with van der Waals surface area (Å²) in [7, 11) is 0. The van der Waals surface area contributed by atoms with Crippen LogP contribution in [0.5, 0.6) is 5.75 Å². The van der Waals surface area contributed by atoms with E-state index in [1.54, 1.807) is 22.7 Å². The van der Waals surface area contributed by atoms with Crippen LogP contribution in [0, 0.1) is 37.0 Å². The lowest BCUT2D eigenvalue weighted by atomic mass is 10.0. The van der Waals surface area contributed by atoms with E-state index in [4.69, 9.17) is 28.7 Å². The number of carbonyl (C=O) groups excluding carboxylic acids is 1. The zero-order valence-electron chi connectivity index (χ0n) is 18.6. The van der Waals surface area contributed by atoms with E-state index in [0.29, 0.717) is 27.7 Å². The fraction of sp³-hybridized carbons (Fsp3) is 0.103. The summed E-state index contributed by atoms with van der Waals surface area (Å²) in [4.78, 5) is 27.0. The standard InChI is InChI=1S/C29H18N2O4/c1-4-15-30-22-13-9-7-11-19(22)27(32)24-21(29(33)35-17-6-3)18-31-23-14-10-8-12-20(23)28(34-16-5-2)26(31)25(24)30/h1-3,7-14,18H,15-17H2. The molecular weight excluding hydrogens is 440 g/mol. The number of carbonyl (C=O) groups is 1. The fourth-order valence-electron chi connectivity index (χ4n) is 4.53. The number of ether oxygens (including phenoxy) is 2. The molecule has 5 aromatic rings. The second-order valence-corrected chi connectivity index (χ2v) is 7.74. The molecule has 0 unspecified atom stereocenters. The van der Waals surface area contributed by atoms with Gasteiger partial charge in [0.1, 0.15) is 12.1 Å². The molecule has 168 valence electrons. The molecule has 0 saturated carbocycles. The van der Waals surface area contributed by atoms with Gasteiger partial charge in [-0.1, -0.05) is 42.0 Å². The van der Waals surface area contributed by atoms with E-state index < -0.39 is 5.97 Å². The molecule has 0 spiro atoms. The Morgan fingerprint density at radius 2 is 1.54 bits per heavy atom. The van der Waals surface area contributed by atoms with Gasteiger partial charge in [-0.25, -0.2) is 4.79 Å². The smallest absolute Gasteiger partial charge is 0.341 e. The van der Waals surface area contributed by atoms with Crippen molar-refractivity contribution in [3.63, 3.8) is 0 Å². The first kappa shape index (κ1) is 21.7. The van der Waals surface area contributed by atoms with E-state index in [1.165, 1.54) is 0 Å². The maximum absolute atomic E-state index is 13.8. The number of esters is 1. The van der Waals surface area contributed by atoms with Crippen LogP contribution in [0.15, 0.2) is 59.5 Å². The minimum Gasteiger partial charge on any atom is -0.478 e. The Morgan fingerprint density at radius 3 is 2.26 bits per heavy atom. The van der Waals surface area contributed by atoms with Gasteiger partial charge in [0.25, 0.3) is 0 Å². The van der Waals surface area contributed by atoms with E-state index in [2.05, 4.69) is 17.8 Å². The van der Waals surface area contributed by atoms with Crippen molar-refractivity contribution in [1.29, 1.82) is 0 Å². The first-order valence-electron chi connectivity index (χ1n) is 10.7. The normalized spacial score (nSPS) is 10.8. The molecule has 0 saturated heterocycles. The van der Waals surface area contributed by atoms with E-state index in [-0.39, 0.29) is 36.1 Å². The summed E-state index contributed by atoms with van der Waals surface area (Å²) in [5.41, 5.74) is 2.16. The Bertz CT molecular complexity index is 1850. The first-order valence-corrected chi connectivity index (χ1v) is 10.7. The van der Waals surface area contributed by atoms with Crippen molar-refractivity contribution in [3.8, 4) is 42.8 Å². The molecule has 3 heterocycles. The summed E-state index contributed by atoms with van der Waals surface area (Å²) in [5, 5.41) is 1.36. The lowest BCUT2D eigenvalue weighted by molar-refractivity contribution is 0.0558. The van der Waals surface area contributed by atoms with Crippen molar-refractivity contribution in [3.05, 3.63) is 70.5 Å². The molecular formula is C29H18N2O4. The Kier molecular flexibility index (Phi) is 5.38. The third-order valence-electron chi connectivity index (χ3n) is 5.85. The zero-order chi connectivity index (χ0) is 24.5. The molecule has 0 radical (unpaired) electrons. The Morgan fingerprint density at radius 1 is 0.857 bits per heavy atom. The predicted molar refractivity (Wildman–Crippen MR) is 136 cm³/mol. The average Bonchev–Trinajstić information content (AvgIpc) is 3.21. The number of aromatic nitrogens is 2. The number of fused-ring (bicyclic) bond motifs is 6. The molecule has 2 aromatic carbocycles. The van der Waals surface area contributed by atoms with Crippen LogP contribution in [-0.2, 0) is 11.3 Å². The number of hydrogen-bond acceptors (Lipinski definition) is 4. The van der Waals surface area contributed by atoms with Gasteiger partial charge >= 0.3 is 5.97 Å². The highest BCUT2D eigenvalue weighted by atomic mass is 16.5. The molecule has 0 fully saturated rings. The summed E-state index contributed by atoms with van der Waals surface area (Å²) in [5.74, 6) is 7.23. The van der Waals surface area contributed by atoms with E-state index in [9.17, 15) is 9.59 Å². The summed E-state index contributed by atoms with van der Waals surface area (Å²) in [6.45, 7) is -0.0660. The molecule has 0 aliphatic heterocycles. The number of benzene rings is 2. The quantitative estimate of drug-likeness (QED) is 0.227. The number of nitrogens with zero attached hydrogens (tertiary/aromatic N) is 2. The summed E-state index contributed by atoms with van der Waals surface area (Å²) >= 11 is 0. The zero-order valence-corrected chi connectivity index (χ0v) is 18.6. The van der Waals surface area contributed by atoms with Crippen molar-refractivity contribution in [2.24, 2.45) is 0 Å². The van der Waals surface area contributed by atoms with Crippen LogP contribution in [0.25, 0.3) is 38.2 Å². The van der Waals surface area contributed by atoms with Crippen LogP contribution in [0.2, 0.25) is 0 Å². The number of rotatable bonds is 5. The van der Waals surface area contributed by atoms with Crippen molar-refractivity contribution < 1.29 is 14.3 Å². The highest BCUT2D eigenvalue weighted by molar-refractivity contribution is 6.15. The highest BCUT2D eigenvalue weighted by Gasteiger charge is 2.26. The van der Waals surface area contributed by atoms with Crippen LogP contribution in [0.4, 0.5) is 0 Å². The molecule has 5 rings (SSSR count). The molecule has 0 amide bonds. The van der Waals surface area contributed by atoms with E-state index in [0.717, 1.165) is 10.9 Å². The third kappa shape index (κ3) is 3.27. The topological polar surface area (TPSA) is 61.9 Å². The summed E-state index contributed by atoms with van der Waals surface area (Å²) in [6.07, 6.45) is 18.1. The Hall–Kier alpha value is -5.12. The molecule has 0 aliphatic carbocycles. The van der Waals surface area contributed by atoms with Gasteiger partial charge in [0.2, 0.25) is 0 Å². The molecule has 0 aliphatic rings. The highest BCUT2D eigenvalue weighted by Crippen LogP contribution is 2.39.